The number of carbonyl (C=O) groups is 1. The number of benzene rings is 1. The van der Waals surface area contributed by atoms with Gasteiger partial charge in [-0.1, -0.05) is 18.2 Å². The Labute approximate surface area is 133 Å². The highest BCUT2D eigenvalue weighted by Gasteiger charge is 2.08. The number of hydrogen-bond donors (Lipinski definition) is 2. The third-order valence-corrected chi connectivity index (χ3v) is 3.60. The minimum atomic E-state index is 0.0506. The maximum Gasteiger partial charge on any atom is 0.232 e. The molecular formula is C14H18N6OS. The average Bonchev–Trinajstić information content (AvgIpc) is 2.47. The van der Waals surface area contributed by atoms with E-state index in [1.807, 2.05) is 30.3 Å². The van der Waals surface area contributed by atoms with Crippen LogP contribution in [0.3, 0.4) is 0 Å². The van der Waals surface area contributed by atoms with E-state index in [1.165, 1.54) is 11.8 Å². The second-order valence-electron chi connectivity index (χ2n) is 4.71. The molecule has 3 N–H and O–H groups in total. The maximum atomic E-state index is 11.5. The van der Waals surface area contributed by atoms with Crippen molar-refractivity contribution in [3.63, 3.8) is 0 Å². The van der Waals surface area contributed by atoms with E-state index in [0.29, 0.717) is 23.3 Å². The van der Waals surface area contributed by atoms with Gasteiger partial charge in [-0.25, -0.2) is 0 Å². The topological polar surface area (TPSA) is 97.0 Å². The molecule has 0 radical (unpaired) electrons. The summed E-state index contributed by atoms with van der Waals surface area (Å²) in [5, 5.41) is 3.08. The predicted octanol–water partition coefficient (Wildman–Crippen LogP) is 1.52. The number of aromatic nitrogens is 3. The molecule has 0 unspecified atom stereocenters. The lowest BCUT2D eigenvalue weighted by molar-refractivity contribution is -0.125. The molecule has 0 fully saturated rings. The fourth-order valence-corrected chi connectivity index (χ4v) is 2.41. The number of para-hydroxylation sites is 1. The molecule has 0 saturated carbocycles. The molecule has 0 aliphatic rings. The standard InChI is InChI=1S/C14H18N6OS/c1-20(2)12(21)9-22-8-11-17-13(15)19-14(18-11)16-10-6-4-3-5-7-10/h3-7H,8-9H2,1-2H3,(H3,15,16,17,18,19). The highest BCUT2D eigenvalue weighted by atomic mass is 32.2. The third-order valence-electron chi connectivity index (χ3n) is 2.68. The van der Waals surface area contributed by atoms with Gasteiger partial charge in [0.25, 0.3) is 0 Å². The van der Waals surface area contributed by atoms with Crippen LogP contribution in [0.4, 0.5) is 17.6 Å². The number of thioether (sulfide) groups is 1. The van der Waals surface area contributed by atoms with Crippen molar-refractivity contribution in [1.82, 2.24) is 19.9 Å². The largest absolute Gasteiger partial charge is 0.368 e. The van der Waals surface area contributed by atoms with E-state index in [-0.39, 0.29) is 11.9 Å². The number of nitrogens with two attached hydrogens (primary N) is 1. The van der Waals surface area contributed by atoms with Gasteiger partial charge in [-0.05, 0) is 12.1 Å². The number of rotatable bonds is 6. The Morgan fingerprint density at radius 1 is 1.23 bits per heavy atom. The zero-order chi connectivity index (χ0) is 15.9. The van der Waals surface area contributed by atoms with Crippen LogP contribution in [0.2, 0.25) is 0 Å². The molecule has 2 rings (SSSR count). The fourth-order valence-electron chi connectivity index (χ4n) is 1.57. The van der Waals surface area contributed by atoms with E-state index < -0.39 is 0 Å². The summed E-state index contributed by atoms with van der Waals surface area (Å²) in [5.41, 5.74) is 6.58. The molecule has 0 atom stereocenters. The number of nitrogens with one attached hydrogen (secondary N) is 1. The molecule has 22 heavy (non-hydrogen) atoms. The van der Waals surface area contributed by atoms with Crippen molar-refractivity contribution in [3.8, 4) is 0 Å². The van der Waals surface area contributed by atoms with Crippen molar-refractivity contribution in [2.75, 3.05) is 30.9 Å². The maximum absolute atomic E-state index is 11.5. The Balaban J connectivity index is 1.99. The van der Waals surface area contributed by atoms with Crippen molar-refractivity contribution in [1.29, 1.82) is 0 Å². The molecule has 0 aliphatic carbocycles. The number of anilines is 3. The van der Waals surface area contributed by atoms with Crippen LogP contribution >= 0.6 is 11.8 Å². The summed E-state index contributed by atoms with van der Waals surface area (Å²) in [5.74, 6) is 2.02. The quantitative estimate of drug-likeness (QED) is 0.833. The van der Waals surface area contributed by atoms with E-state index in [0.717, 1.165) is 5.69 Å². The molecule has 1 aromatic carbocycles. The highest BCUT2D eigenvalue weighted by Crippen LogP contribution is 2.15. The Morgan fingerprint density at radius 3 is 2.64 bits per heavy atom. The van der Waals surface area contributed by atoms with Crippen molar-refractivity contribution < 1.29 is 4.79 Å². The van der Waals surface area contributed by atoms with Gasteiger partial charge >= 0.3 is 0 Å². The molecule has 1 heterocycles. The summed E-state index contributed by atoms with van der Waals surface area (Å²) < 4.78 is 0. The first-order valence-electron chi connectivity index (χ1n) is 6.65. The number of amides is 1. The molecule has 2 aromatic rings. The van der Waals surface area contributed by atoms with Crippen LogP contribution in [-0.4, -0.2) is 45.6 Å². The average molecular weight is 318 g/mol. The van der Waals surface area contributed by atoms with Gasteiger partial charge < -0.3 is 16.0 Å². The lowest BCUT2D eigenvalue weighted by Gasteiger charge is -2.10. The Bertz CT molecular complexity index is 634. The van der Waals surface area contributed by atoms with E-state index in [1.54, 1.807) is 19.0 Å². The van der Waals surface area contributed by atoms with Gasteiger partial charge in [-0.15, -0.1) is 11.8 Å². The van der Waals surface area contributed by atoms with Crippen molar-refractivity contribution in [2.45, 2.75) is 5.75 Å². The van der Waals surface area contributed by atoms with Gasteiger partial charge in [0, 0.05) is 19.8 Å². The zero-order valence-electron chi connectivity index (χ0n) is 12.5. The summed E-state index contributed by atoms with van der Waals surface area (Å²) in [6.45, 7) is 0. The minimum Gasteiger partial charge on any atom is -0.368 e. The highest BCUT2D eigenvalue weighted by molar-refractivity contribution is 7.99. The molecule has 0 spiro atoms. The van der Waals surface area contributed by atoms with Crippen LogP contribution in [-0.2, 0) is 10.5 Å². The smallest absolute Gasteiger partial charge is 0.232 e. The van der Waals surface area contributed by atoms with Crippen LogP contribution in [0.5, 0.6) is 0 Å². The lowest BCUT2D eigenvalue weighted by atomic mass is 10.3. The van der Waals surface area contributed by atoms with Gasteiger partial charge in [0.1, 0.15) is 5.82 Å². The summed E-state index contributed by atoms with van der Waals surface area (Å²) in [6, 6.07) is 9.57. The molecule has 0 saturated heterocycles. The minimum absolute atomic E-state index is 0.0506. The number of nitrogens with zero attached hydrogens (tertiary/aromatic N) is 4. The normalized spacial score (nSPS) is 10.3. The first kappa shape index (κ1) is 16.0. The first-order valence-corrected chi connectivity index (χ1v) is 7.80. The summed E-state index contributed by atoms with van der Waals surface area (Å²) in [6.07, 6.45) is 0. The van der Waals surface area contributed by atoms with Crippen LogP contribution < -0.4 is 11.1 Å². The second-order valence-corrected chi connectivity index (χ2v) is 5.69. The van der Waals surface area contributed by atoms with Gasteiger partial charge in [0.2, 0.25) is 17.8 Å². The summed E-state index contributed by atoms with van der Waals surface area (Å²) >= 11 is 1.44. The molecule has 0 bridgehead atoms. The molecule has 116 valence electrons. The molecule has 8 heteroatoms. The third kappa shape index (κ3) is 4.88. The van der Waals surface area contributed by atoms with Crippen LogP contribution in [0.1, 0.15) is 5.82 Å². The Kier molecular flexibility index (Phi) is 5.54. The van der Waals surface area contributed by atoms with Crippen LogP contribution in [0, 0.1) is 0 Å². The number of carbonyl (C=O) groups excluding carboxylic acids is 1. The summed E-state index contributed by atoms with van der Waals surface area (Å²) in [4.78, 5) is 25.5. The van der Waals surface area contributed by atoms with E-state index >= 15 is 0 Å². The predicted molar refractivity (Wildman–Crippen MR) is 88.8 cm³/mol. The van der Waals surface area contributed by atoms with Gasteiger partial charge in [0.05, 0.1) is 11.5 Å². The Hall–Kier alpha value is -2.35. The van der Waals surface area contributed by atoms with Gasteiger partial charge in [-0.3, -0.25) is 4.79 Å². The second kappa shape index (κ2) is 7.60. The van der Waals surface area contributed by atoms with Crippen LogP contribution in [0.25, 0.3) is 0 Å². The van der Waals surface area contributed by atoms with E-state index in [2.05, 4.69) is 20.3 Å². The fraction of sp³-hybridized carbons (Fsp3) is 0.286. The Morgan fingerprint density at radius 2 is 1.95 bits per heavy atom. The van der Waals surface area contributed by atoms with E-state index in [4.69, 9.17) is 5.73 Å². The number of nitrogen functional groups attached to an aromatic ring is 1. The molecular weight excluding hydrogens is 300 g/mol. The van der Waals surface area contributed by atoms with E-state index in [9.17, 15) is 4.79 Å². The monoisotopic (exact) mass is 318 g/mol. The van der Waals surface area contributed by atoms with Gasteiger partial charge in [0.15, 0.2) is 0 Å². The summed E-state index contributed by atoms with van der Waals surface area (Å²) in [7, 11) is 3.46. The van der Waals surface area contributed by atoms with Crippen molar-refractivity contribution >= 4 is 35.3 Å². The number of hydrogen-bond acceptors (Lipinski definition) is 7. The van der Waals surface area contributed by atoms with Gasteiger partial charge in [-0.2, -0.15) is 15.0 Å². The SMILES string of the molecule is CN(C)C(=O)CSCc1nc(N)nc(Nc2ccccc2)n1. The molecule has 1 amide bonds. The molecule has 1 aromatic heterocycles. The zero-order valence-corrected chi connectivity index (χ0v) is 13.3. The molecule has 7 nitrogen and oxygen atoms in total. The molecule has 0 aliphatic heterocycles. The van der Waals surface area contributed by atoms with Crippen molar-refractivity contribution in [3.05, 3.63) is 36.2 Å². The lowest BCUT2D eigenvalue weighted by Crippen LogP contribution is -2.23. The van der Waals surface area contributed by atoms with Crippen LogP contribution in [0.15, 0.2) is 30.3 Å². The van der Waals surface area contributed by atoms with Crippen molar-refractivity contribution in [2.24, 2.45) is 0 Å². The first-order chi connectivity index (χ1) is 10.5.